The summed E-state index contributed by atoms with van der Waals surface area (Å²) < 4.78 is 46.3. The highest BCUT2D eigenvalue weighted by molar-refractivity contribution is 7.89. The second-order valence-corrected chi connectivity index (χ2v) is 9.73. The van der Waals surface area contributed by atoms with Crippen molar-refractivity contribution in [1.82, 2.24) is 9.21 Å². The summed E-state index contributed by atoms with van der Waals surface area (Å²) in [6.45, 7) is 7.93. The summed E-state index contributed by atoms with van der Waals surface area (Å²) in [5.41, 5.74) is 2.58. The average Bonchev–Trinajstić information content (AvgIpc) is 2.67. The molecule has 0 amide bonds. The van der Waals surface area contributed by atoms with Crippen LogP contribution < -0.4 is 4.74 Å². The molecule has 1 aliphatic heterocycles. The third-order valence-corrected chi connectivity index (χ3v) is 7.46. The predicted molar refractivity (Wildman–Crippen MR) is 114 cm³/mol. The molecule has 0 radical (unpaired) electrons. The van der Waals surface area contributed by atoms with E-state index < -0.39 is 16.1 Å². The van der Waals surface area contributed by atoms with E-state index in [0.717, 1.165) is 16.7 Å². The molecular formula is C22H29FN2O4S. The summed E-state index contributed by atoms with van der Waals surface area (Å²) in [5.74, 6) is 0.155. The van der Waals surface area contributed by atoms with Crippen LogP contribution in [0.3, 0.4) is 0 Å². The van der Waals surface area contributed by atoms with E-state index in [1.54, 1.807) is 0 Å². The monoisotopic (exact) mass is 436 g/mol. The van der Waals surface area contributed by atoms with Gasteiger partial charge in [-0.05, 0) is 56.2 Å². The van der Waals surface area contributed by atoms with Gasteiger partial charge in [-0.2, -0.15) is 4.31 Å². The molecule has 6 nitrogen and oxygen atoms in total. The molecule has 1 fully saturated rings. The summed E-state index contributed by atoms with van der Waals surface area (Å²) in [4.78, 5) is 2.42. The van der Waals surface area contributed by atoms with Crippen molar-refractivity contribution < 1.29 is 22.7 Å². The van der Waals surface area contributed by atoms with Gasteiger partial charge in [0.1, 0.15) is 24.3 Å². The Labute approximate surface area is 177 Å². The summed E-state index contributed by atoms with van der Waals surface area (Å²) in [6.07, 6.45) is -0.722. The zero-order chi connectivity index (χ0) is 21.9. The lowest BCUT2D eigenvalue weighted by Crippen LogP contribution is -2.51. The molecule has 1 heterocycles. The zero-order valence-electron chi connectivity index (χ0n) is 17.6. The van der Waals surface area contributed by atoms with Crippen molar-refractivity contribution in [1.29, 1.82) is 0 Å². The standard InChI is InChI=1S/C22H29FN2O4S/c1-16-12-17(2)22(18(3)13-16)30(27,28)25-10-8-24(9-11-25)14-20(26)15-29-21-6-4-19(23)5-7-21/h4-7,12-13,20,26H,8-11,14-15H2,1-3H3. The minimum atomic E-state index is -3.55. The maximum atomic E-state index is 13.2. The number of hydrogen-bond donors (Lipinski definition) is 1. The lowest BCUT2D eigenvalue weighted by Gasteiger charge is -2.35. The van der Waals surface area contributed by atoms with Crippen molar-refractivity contribution in [3.05, 3.63) is 58.9 Å². The molecule has 30 heavy (non-hydrogen) atoms. The van der Waals surface area contributed by atoms with Gasteiger partial charge in [0.2, 0.25) is 10.0 Å². The molecule has 2 aromatic carbocycles. The molecule has 0 saturated carbocycles. The third-order valence-electron chi connectivity index (χ3n) is 5.26. The fourth-order valence-corrected chi connectivity index (χ4v) is 5.76. The summed E-state index contributed by atoms with van der Waals surface area (Å²) in [7, 11) is -3.55. The van der Waals surface area contributed by atoms with Crippen molar-refractivity contribution >= 4 is 10.0 Å². The molecule has 1 saturated heterocycles. The first kappa shape index (κ1) is 22.7. The van der Waals surface area contributed by atoms with Crippen molar-refractivity contribution in [3.8, 4) is 5.75 Å². The zero-order valence-corrected chi connectivity index (χ0v) is 18.5. The normalized spacial score (nSPS) is 17.1. The number of piperazine rings is 1. The van der Waals surface area contributed by atoms with E-state index in [1.165, 1.54) is 28.6 Å². The second kappa shape index (κ2) is 9.43. The first-order valence-corrected chi connectivity index (χ1v) is 11.5. The number of aliphatic hydroxyl groups excluding tert-OH is 1. The van der Waals surface area contributed by atoms with Crippen LogP contribution in [0.25, 0.3) is 0 Å². The van der Waals surface area contributed by atoms with E-state index in [9.17, 15) is 17.9 Å². The Morgan fingerprint density at radius 3 is 2.17 bits per heavy atom. The van der Waals surface area contributed by atoms with E-state index >= 15 is 0 Å². The number of halogens is 1. The molecule has 0 spiro atoms. The number of aliphatic hydroxyl groups is 1. The molecule has 0 aliphatic carbocycles. The maximum Gasteiger partial charge on any atom is 0.243 e. The molecule has 1 atom stereocenters. The quantitative estimate of drug-likeness (QED) is 0.722. The second-order valence-electron chi connectivity index (χ2n) is 7.85. The number of ether oxygens (including phenoxy) is 1. The molecule has 8 heteroatoms. The van der Waals surface area contributed by atoms with Crippen LogP contribution in [0.2, 0.25) is 0 Å². The molecule has 1 aliphatic rings. The number of rotatable bonds is 7. The van der Waals surface area contributed by atoms with Crippen molar-refractivity contribution in [2.24, 2.45) is 0 Å². The SMILES string of the molecule is Cc1cc(C)c(S(=O)(=O)N2CCN(CC(O)COc3ccc(F)cc3)CC2)c(C)c1. The van der Waals surface area contributed by atoms with Gasteiger partial charge in [-0.15, -0.1) is 0 Å². The number of aryl methyl sites for hydroxylation is 3. The lowest BCUT2D eigenvalue weighted by molar-refractivity contribution is 0.0569. The molecule has 164 valence electrons. The predicted octanol–water partition coefficient (Wildman–Crippen LogP) is 2.50. The van der Waals surface area contributed by atoms with Crippen LogP contribution in [0.1, 0.15) is 16.7 Å². The first-order valence-electron chi connectivity index (χ1n) is 10.0. The van der Waals surface area contributed by atoms with Gasteiger partial charge in [0.25, 0.3) is 0 Å². The van der Waals surface area contributed by atoms with Crippen molar-refractivity contribution in [3.63, 3.8) is 0 Å². The highest BCUT2D eigenvalue weighted by Gasteiger charge is 2.31. The Morgan fingerprint density at radius 1 is 1.03 bits per heavy atom. The number of benzene rings is 2. The third kappa shape index (κ3) is 5.37. The van der Waals surface area contributed by atoms with Crippen LogP contribution in [0.4, 0.5) is 4.39 Å². The summed E-state index contributed by atoms with van der Waals surface area (Å²) in [5, 5.41) is 10.2. The molecule has 3 rings (SSSR count). The Kier molecular flexibility index (Phi) is 7.13. The van der Waals surface area contributed by atoms with Crippen LogP contribution in [0, 0.1) is 26.6 Å². The minimum Gasteiger partial charge on any atom is -0.491 e. The minimum absolute atomic E-state index is 0.0892. The summed E-state index contributed by atoms with van der Waals surface area (Å²) >= 11 is 0. The Hall–Kier alpha value is -2.00. The molecule has 1 N–H and O–H groups in total. The highest BCUT2D eigenvalue weighted by atomic mass is 32.2. The lowest BCUT2D eigenvalue weighted by atomic mass is 10.1. The van der Waals surface area contributed by atoms with Crippen LogP contribution >= 0.6 is 0 Å². The van der Waals surface area contributed by atoms with E-state index in [0.29, 0.717) is 43.4 Å². The average molecular weight is 437 g/mol. The fourth-order valence-electron chi connectivity index (χ4n) is 3.93. The number of nitrogens with zero attached hydrogens (tertiary/aromatic N) is 2. The molecule has 1 unspecified atom stereocenters. The van der Waals surface area contributed by atoms with Gasteiger partial charge < -0.3 is 9.84 Å². The Morgan fingerprint density at radius 2 is 1.60 bits per heavy atom. The highest BCUT2D eigenvalue weighted by Crippen LogP contribution is 2.26. The molecule has 2 aromatic rings. The van der Waals surface area contributed by atoms with E-state index in [1.807, 2.05) is 37.8 Å². The summed E-state index contributed by atoms with van der Waals surface area (Å²) in [6, 6.07) is 9.43. The molecule has 0 bridgehead atoms. The van der Waals surface area contributed by atoms with E-state index in [2.05, 4.69) is 0 Å². The van der Waals surface area contributed by atoms with Gasteiger partial charge in [-0.3, -0.25) is 4.90 Å². The van der Waals surface area contributed by atoms with Crippen LogP contribution in [-0.4, -0.2) is 68.2 Å². The Balaban J connectivity index is 1.53. The number of β-amino-alcohol motifs (C(OH)–C–C–N with tert-alkyl or cyclic N) is 1. The smallest absolute Gasteiger partial charge is 0.243 e. The number of sulfonamides is 1. The van der Waals surface area contributed by atoms with Crippen LogP contribution in [-0.2, 0) is 10.0 Å². The fraction of sp³-hybridized carbons (Fsp3) is 0.455. The van der Waals surface area contributed by atoms with Crippen molar-refractivity contribution in [2.45, 2.75) is 31.8 Å². The van der Waals surface area contributed by atoms with Gasteiger partial charge in [0, 0.05) is 32.7 Å². The number of hydrogen-bond acceptors (Lipinski definition) is 5. The topological polar surface area (TPSA) is 70.1 Å². The first-order chi connectivity index (χ1) is 14.2. The van der Waals surface area contributed by atoms with Gasteiger partial charge in [-0.25, -0.2) is 12.8 Å². The van der Waals surface area contributed by atoms with Crippen molar-refractivity contribution in [2.75, 3.05) is 39.3 Å². The molecular weight excluding hydrogens is 407 g/mol. The van der Waals surface area contributed by atoms with Gasteiger partial charge in [-0.1, -0.05) is 17.7 Å². The van der Waals surface area contributed by atoms with Gasteiger partial charge in [0.15, 0.2) is 0 Å². The van der Waals surface area contributed by atoms with E-state index in [-0.39, 0.29) is 12.4 Å². The maximum absolute atomic E-state index is 13.2. The molecule has 0 aromatic heterocycles. The van der Waals surface area contributed by atoms with E-state index in [4.69, 9.17) is 4.74 Å². The van der Waals surface area contributed by atoms with Crippen LogP contribution in [0.5, 0.6) is 5.75 Å². The van der Waals surface area contributed by atoms with Gasteiger partial charge >= 0.3 is 0 Å². The Bertz CT molecular complexity index is 948. The largest absolute Gasteiger partial charge is 0.491 e. The van der Waals surface area contributed by atoms with Crippen LogP contribution in [0.15, 0.2) is 41.3 Å². The van der Waals surface area contributed by atoms with Gasteiger partial charge in [0.05, 0.1) is 4.90 Å².